The van der Waals surface area contributed by atoms with Crippen LogP contribution in [0.2, 0.25) is 0 Å². The second-order valence-electron chi connectivity index (χ2n) is 10.5. The first-order chi connectivity index (χ1) is 17.2. The lowest BCUT2D eigenvalue weighted by Gasteiger charge is -2.41. The fraction of sp³-hybridized carbons (Fsp3) is 0.393. The Labute approximate surface area is 210 Å². The minimum absolute atomic E-state index is 0.0497. The summed E-state index contributed by atoms with van der Waals surface area (Å²) in [4.78, 5) is 44.4. The van der Waals surface area contributed by atoms with Crippen molar-refractivity contribution < 1.29 is 23.9 Å². The predicted molar refractivity (Wildman–Crippen MR) is 134 cm³/mol. The third kappa shape index (κ3) is 3.59. The van der Waals surface area contributed by atoms with E-state index in [9.17, 15) is 14.4 Å². The predicted octanol–water partition coefficient (Wildman–Crippen LogP) is 2.68. The molecule has 1 unspecified atom stereocenters. The van der Waals surface area contributed by atoms with Crippen molar-refractivity contribution in [2.45, 2.75) is 32.4 Å². The Morgan fingerprint density at radius 1 is 1.03 bits per heavy atom. The number of carbonyl (C=O) groups excluding carboxylic acids is 3. The molecule has 8 heteroatoms. The summed E-state index contributed by atoms with van der Waals surface area (Å²) in [7, 11) is 0. The minimum atomic E-state index is -0.635. The number of piperazine rings is 1. The van der Waals surface area contributed by atoms with Crippen LogP contribution in [-0.2, 0) is 9.59 Å². The number of aryl methyl sites for hydroxylation is 1. The van der Waals surface area contributed by atoms with Crippen molar-refractivity contribution in [3.63, 3.8) is 0 Å². The van der Waals surface area contributed by atoms with Crippen LogP contribution in [0, 0.1) is 6.92 Å². The molecule has 36 heavy (non-hydrogen) atoms. The van der Waals surface area contributed by atoms with Crippen molar-refractivity contribution in [2.24, 2.45) is 0 Å². The van der Waals surface area contributed by atoms with Gasteiger partial charge in [-0.15, -0.1) is 0 Å². The summed E-state index contributed by atoms with van der Waals surface area (Å²) in [6.07, 6.45) is 1.47. The molecule has 2 amide bonds. The lowest BCUT2D eigenvalue weighted by atomic mass is 9.87. The maximum absolute atomic E-state index is 13.1. The molecule has 1 saturated heterocycles. The van der Waals surface area contributed by atoms with Gasteiger partial charge in [-0.3, -0.25) is 24.2 Å². The fourth-order valence-electron chi connectivity index (χ4n) is 5.72. The summed E-state index contributed by atoms with van der Waals surface area (Å²) < 4.78 is 11.6. The van der Waals surface area contributed by atoms with Gasteiger partial charge in [0.2, 0.25) is 6.10 Å². The number of Topliss-reactive ketones (excluding diaryl/α,β-unsaturated/α-hetero) is 1. The SMILES string of the molecule is Cc1cc2c3c(c1)C(CN1CCN(C(=O)C4COc5ccccc5O4)CC1)=CC(C)(C)N3C(=O)C2=O. The van der Waals surface area contributed by atoms with Crippen molar-refractivity contribution in [1.29, 1.82) is 0 Å². The van der Waals surface area contributed by atoms with E-state index < -0.39 is 23.3 Å². The molecule has 4 aliphatic rings. The van der Waals surface area contributed by atoms with E-state index in [1.165, 1.54) is 0 Å². The Bertz CT molecular complexity index is 1320. The molecule has 0 bridgehead atoms. The van der Waals surface area contributed by atoms with E-state index in [1.807, 2.05) is 56.0 Å². The largest absolute Gasteiger partial charge is 0.485 e. The molecule has 0 aliphatic carbocycles. The summed E-state index contributed by atoms with van der Waals surface area (Å²) in [5, 5.41) is 0. The molecule has 4 aliphatic heterocycles. The number of amides is 2. The van der Waals surface area contributed by atoms with E-state index in [-0.39, 0.29) is 12.5 Å². The molecule has 4 heterocycles. The molecule has 2 aromatic carbocycles. The topological polar surface area (TPSA) is 79.4 Å². The first kappa shape index (κ1) is 22.8. The van der Waals surface area contributed by atoms with Gasteiger partial charge in [0.1, 0.15) is 6.61 Å². The second-order valence-corrected chi connectivity index (χ2v) is 10.5. The molecule has 0 radical (unpaired) electrons. The van der Waals surface area contributed by atoms with E-state index in [0.29, 0.717) is 36.7 Å². The van der Waals surface area contributed by atoms with E-state index in [2.05, 4.69) is 17.0 Å². The number of ketones is 1. The fourth-order valence-corrected chi connectivity index (χ4v) is 5.72. The molecule has 0 aromatic heterocycles. The van der Waals surface area contributed by atoms with Gasteiger partial charge in [-0.2, -0.15) is 0 Å². The van der Waals surface area contributed by atoms with Crippen molar-refractivity contribution in [3.8, 4) is 11.5 Å². The third-order valence-electron chi connectivity index (χ3n) is 7.43. The van der Waals surface area contributed by atoms with Gasteiger partial charge in [-0.1, -0.05) is 18.2 Å². The highest BCUT2D eigenvalue weighted by Gasteiger charge is 2.47. The summed E-state index contributed by atoms with van der Waals surface area (Å²) in [5.41, 5.74) is 3.67. The van der Waals surface area contributed by atoms with Crippen LogP contribution in [-0.4, -0.2) is 78.4 Å². The third-order valence-corrected chi connectivity index (χ3v) is 7.43. The highest BCUT2D eigenvalue weighted by atomic mass is 16.6. The maximum atomic E-state index is 13.1. The van der Waals surface area contributed by atoms with Gasteiger partial charge < -0.3 is 14.4 Å². The van der Waals surface area contributed by atoms with Gasteiger partial charge in [0, 0.05) is 38.3 Å². The smallest absolute Gasteiger partial charge is 0.300 e. The van der Waals surface area contributed by atoms with Crippen molar-refractivity contribution in [3.05, 3.63) is 59.2 Å². The van der Waals surface area contributed by atoms with E-state index in [1.54, 1.807) is 4.90 Å². The number of carbonyl (C=O) groups is 3. The first-order valence-electron chi connectivity index (χ1n) is 12.4. The number of nitrogens with zero attached hydrogens (tertiary/aromatic N) is 3. The summed E-state index contributed by atoms with van der Waals surface area (Å²) in [6, 6.07) is 11.3. The number of fused-ring (bicyclic) bond motifs is 1. The zero-order valence-electron chi connectivity index (χ0n) is 20.7. The van der Waals surface area contributed by atoms with Crippen LogP contribution < -0.4 is 14.4 Å². The Balaban J connectivity index is 1.16. The van der Waals surface area contributed by atoms with Crippen LogP contribution in [0.15, 0.2) is 42.5 Å². The number of hydrogen-bond acceptors (Lipinski definition) is 6. The number of anilines is 1. The van der Waals surface area contributed by atoms with Crippen LogP contribution in [0.3, 0.4) is 0 Å². The van der Waals surface area contributed by atoms with Crippen LogP contribution >= 0.6 is 0 Å². The van der Waals surface area contributed by atoms with Gasteiger partial charge in [0.15, 0.2) is 11.5 Å². The van der Waals surface area contributed by atoms with Crippen LogP contribution in [0.5, 0.6) is 11.5 Å². The van der Waals surface area contributed by atoms with Gasteiger partial charge >= 0.3 is 0 Å². The lowest BCUT2D eigenvalue weighted by molar-refractivity contribution is -0.142. The molecule has 2 aromatic rings. The minimum Gasteiger partial charge on any atom is -0.485 e. The lowest BCUT2D eigenvalue weighted by Crippen LogP contribution is -2.54. The maximum Gasteiger partial charge on any atom is 0.300 e. The highest BCUT2D eigenvalue weighted by molar-refractivity contribution is 6.53. The highest BCUT2D eigenvalue weighted by Crippen LogP contribution is 2.46. The molecule has 0 saturated carbocycles. The van der Waals surface area contributed by atoms with Gasteiger partial charge in [0.25, 0.3) is 17.6 Å². The van der Waals surface area contributed by atoms with Gasteiger partial charge in [0.05, 0.1) is 16.8 Å². The van der Waals surface area contributed by atoms with E-state index in [4.69, 9.17) is 9.47 Å². The van der Waals surface area contributed by atoms with E-state index in [0.717, 1.165) is 35.5 Å². The average molecular weight is 488 g/mol. The van der Waals surface area contributed by atoms with Crippen molar-refractivity contribution >= 4 is 28.9 Å². The number of hydrogen-bond donors (Lipinski definition) is 0. The molecule has 0 N–H and O–H groups in total. The molecule has 1 fully saturated rings. The normalized spacial score (nSPS) is 22.4. The summed E-state index contributed by atoms with van der Waals surface area (Å²) >= 11 is 0. The van der Waals surface area contributed by atoms with Crippen LogP contribution in [0.1, 0.15) is 35.3 Å². The van der Waals surface area contributed by atoms with E-state index >= 15 is 0 Å². The number of benzene rings is 2. The van der Waals surface area contributed by atoms with Crippen LogP contribution in [0.25, 0.3) is 5.57 Å². The second kappa shape index (κ2) is 8.20. The Morgan fingerprint density at radius 3 is 2.47 bits per heavy atom. The first-order valence-corrected chi connectivity index (χ1v) is 12.4. The standard InChI is InChI=1S/C28H29N3O5/c1-17-12-19-18(14-28(2,3)31-24(19)20(13-17)25(32)27(31)34)15-29-8-10-30(11-9-29)26(33)23-16-35-21-6-4-5-7-22(21)36-23/h4-7,12-14,23H,8-11,15-16H2,1-3H3. The quantitative estimate of drug-likeness (QED) is 0.620. The molecular weight excluding hydrogens is 458 g/mol. The summed E-state index contributed by atoms with van der Waals surface area (Å²) in [6.45, 7) is 9.45. The van der Waals surface area contributed by atoms with Gasteiger partial charge in [-0.05, 0) is 56.2 Å². The molecular formula is C28H29N3O5. The monoisotopic (exact) mass is 487 g/mol. The van der Waals surface area contributed by atoms with Gasteiger partial charge in [-0.25, -0.2) is 0 Å². The average Bonchev–Trinajstić information content (AvgIpc) is 3.13. The zero-order valence-corrected chi connectivity index (χ0v) is 20.7. The molecule has 0 spiro atoms. The molecule has 8 nitrogen and oxygen atoms in total. The molecule has 1 atom stereocenters. The summed E-state index contributed by atoms with van der Waals surface area (Å²) in [5.74, 6) is 0.331. The Hall–Kier alpha value is -3.65. The number of para-hydroxylation sites is 2. The Morgan fingerprint density at radius 2 is 1.72 bits per heavy atom. The zero-order chi connectivity index (χ0) is 25.2. The molecule has 6 rings (SSSR count). The van der Waals surface area contributed by atoms with Crippen molar-refractivity contribution in [2.75, 3.05) is 44.2 Å². The van der Waals surface area contributed by atoms with Crippen LogP contribution in [0.4, 0.5) is 5.69 Å². The molecule has 186 valence electrons. The van der Waals surface area contributed by atoms with Crippen molar-refractivity contribution in [1.82, 2.24) is 9.80 Å². The Kier molecular flexibility index (Phi) is 5.19. The number of rotatable bonds is 3. The number of ether oxygens (including phenoxy) is 2.